The highest BCUT2D eigenvalue weighted by atomic mass is 19.3. The Labute approximate surface area is 181 Å². The van der Waals surface area contributed by atoms with Crippen LogP contribution < -0.4 is 20.1 Å². The summed E-state index contributed by atoms with van der Waals surface area (Å²) in [6.07, 6.45) is 1.42. The van der Waals surface area contributed by atoms with Crippen molar-refractivity contribution in [2.24, 2.45) is 4.99 Å². The van der Waals surface area contributed by atoms with E-state index in [0.29, 0.717) is 49.4 Å². The van der Waals surface area contributed by atoms with Gasteiger partial charge in [0, 0.05) is 31.0 Å². The molecule has 1 aromatic carbocycles. The Morgan fingerprint density at radius 3 is 2.68 bits per heavy atom. The van der Waals surface area contributed by atoms with Crippen molar-refractivity contribution in [1.29, 1.82) is 0 Å². The number of benzene rings is 1. The predicted octanol–water partition coefficient (Wildman–Crippen LogP) is 3.88. The number of hydrogen-bond donors (Lipinski definition) is 2. The molecule has 172 valence electrons. The van der Waals surface area contributed by atoms with Gasteiger partial charge in [-0.25, -0.2) is 4.99 Å². The van der Waals surface area contributed by atoms with Crippen LogP contribution in [-0.2, 0) is 13.0 Å². The lowest BCUT2D eigenvalue weighted by atomic mass is 10.2. The first-order chi connectivity index (χ1) is 14.9. The Morgan fingerprint density at radius 2 is 2.03 bits per heavy atom. The van der Waals surface area contributed by atoms with E-state index in [1.165, 1.54) is 0 Å². The molecule has 31 heavy (non-hydrogen) atoms. The first-order valence-electron chi connectivity index (χ1n) is 10.5. The van der Waals surface area contributed by atoms with Gasteiger partial charge in [0.25, 0.3) is 0 Å². The Bertz CT molecular complexity index is 827. The van der Waals surface area contributed by atoms with Crippen molar-refractivity contribution in [1.82, 2.24) is 20.8 Å². The van der Waals surface area contributed by atoms with E-state index in [4.69, 9.17) is 14.0 Å². The fourth-order valence-corrected chi connectivity index (χ4v) is 2.73. The van der Waals surface area contributed by atoms with Crippen LogP contribution in [0.5, 0.6) is 11.5 Å². The molecule has 0 unspecified atom stereocenters. The topological polar surface area (TPSA) is 93.8 Å². The number of nitrogens with one attached hydrogen (secondary N) is 2. The summed E-state index contributed by atoms with van der Waals surface area (Å²) in [5.41, 5.74) is 0.510. The van der Waals surface area contributed by atoms with Gasteiger partial charge < -0.3 is 24.6 Å². The van der Waals surface area contributed by atoms with Gasteiger partial charge in [-0.3, -0.25) is 0 Å². The van der Waals surface area contributed by atoms with Crippen LogP contribution in [0.1, 0.15) is 57.3 Å². The molecule has 1 aromatic heterocycles. The summed E-state index contributed by atoms with van der Waals surface area (Å²) in [4.78, 5) is 8.84. The minimum Gasteiger partial charge on any atom is -0.490 e. The summed E-state index contributed by atoms with van der Waals surface area (Å²) in [5.74, 6) is 2.39. The lowest BCUT2D eigenvalue weighted by Crippen LogP contribution is -2.37. The van der Waals surface area contributed by atoms with Crippen LogP contribution in [0.25, 0.3) is 0 Å². The summed E-state index contributed by atoms with van der Waals surface area (Å²) in [6.45, 7) is 6.59. The molecule has 0 aliphatic rings. The summed E-state index contributed by atoms with van der Waals surface area (Å²) >= 11 is 0. The van der Waals surface area contributed by atoms with Gasteiger partial charge in [0.1, 0.15) is 0 Å². The number of para-hydroxylation sites is 1. The van der Waals surface area contributed by atoms with E-state index in [2.05, 4.69) is 25.8 Å². The molecule has 0 amide bonds. The molecule has 0 spiro atoms. The summed E-state index contributed by atoms with van der Waals surface area (Å²) < 4.78 is 41.1. The van der Waals surface area contributed by atoms with Crippen LogP contribution in [0.15, 0.2) is 27.7 Å². The van der Waals surface area contributed by atoms with Crippen molar-refractivity contribution in [2.45, 2.75) is 59.6 Å². The summed E-state index contributed by atoms with van der Waals surface area (Å²) in [5, 5.41) is 10.3. The van der Waals surface area contributed by atoms with Crippen LogP contribution in [0.4, 0.5) is 8.78 Å². The maximum Gasteiger partial charge on any atom is 0.387 e. The van der Waals surface area contributed by atoms with Crippen LogP contribution in [0.3, 0.4) is 0 Å². The molecule has 0 radical (unpaired) electrons. The lowest BCUT2D eigenvalue weighted by Gasteiger charge is -2.15. The average Bonchev–Trinajstić information content (AvgIpc) is 3.20. The molecule has 2 aromatic rings. The van der Waals surface area contributed by atoms with Crippen molar-refractivity contribution < 1.29 is 22.8 Å². The van der Waals surface area contributed by atoms with E-state index in [0.717, 1.165) is 6.42 Å². The maximum absolute atomic E-state index is 12.9. The number of aliphatic imine (C=N–C) groups is 1. The number of ether oxygens (including phenoxy) is 2. The number of alkyl halides is 2. The molecular formula is C21H31F2N5O3. The molecule has 1 heterocycles. The molecule has 2 rings (SSSR count). The predicted molar refractivity (Wildman–Crippen MR) is 114 cm³/mol. The maximum atomic E-state index is 12.9. The van der Waals surface area contributed by atoms with Gasteiger partial charge in [0.15, 0.2) is 23.3 Å². The van der Waals surface area contributed by atoms with Gasteiger partial charge >= 0.3 is 6.61 Å². The zero-order valence-electron chi connectivity index (χ0n) is 18.5. The van der Waals surface area contributed by atoms with Crippen molar-refractivity contribution in [3.8, 4) is 11.5 Å². The second-order valence-corrected chi connectivity index (χ2v) is 6.98. The quantitative estimate of drug-likeness (QED) is 0.294. The summed E-state index contributed by atoms with van der Waals surface area (Å²) in [6, 6.07) is 5.01. The number of hydrogen-bond acceptors (Lipinski definition) is 6. The SMILES string of the molecule is CCNC(=NCc1cccc(OCC)c1OC(F)F)NCCCc1nc(C(C)C)no1. The van der Waals surface area contributed by atoms with Gasteiger partial charge in [-0.2, -0.15) is 13.8 Å². The van der Waals surface area contributed by atoms with E-state index in [1.54, 1.807) is 25.1 Å². The standard InChI is InChI=1S/C21H31F2N5O3/c1-5-24-21(25-12-8-11-17-27-19(14(3)4)28-31-17)26-13-15-9-7-10-16(29-6-2)18(15)30-20(22)23/h7,9-10,14,20H,5-6,8,11-13H2,1-4H3,(H2,24,25,26). The highest BCUT2D eigenvalue weighted by molar-refractivity contribution is 5.79. The number of nitrogens with zero attached hydrogens (tertiary/aromatic N) is 3. The minimum absolute atomic E-state index is 0.0105. The molecule has 10 heteroatoms. The molecule has 0 atom stereocenters. The monoisotopic (exact) mass is 439 g/mol. The van der Waals surface area contributed by atoms with Gasteiger partial charge in [-0.1, -0.05) is 31.1 Å². The fourth-order valence-electron chi connectivity index (χ4n) is 2.73. The third-order valence-electron chi connectivity index (χ3n) is 4.18. The normalized spacial score (nSPS) is 11.8. The van der Waals surface area contributed by atoms with E-state index in [9.17, 15) is 8.78 Å². The Hall–Kier alpha value is -2.91. The van der Waals surface area contributed by atoms with Crippen molar-refractivity contribution >= 4 is 5.96 Å². The largest absolute Gasteiger partial charge is 0.490 e. The molecule has 0 saturated carbocycles. The number of rotatable bonds is 12. The van der Waals surface area contributed by atoms with E-state index < -0.39 is 6.61 Å². The fraction of sp³-hybridized carbons (Fsp3) is 0.571. The lowest BCUT2D eigenvalue weighted by molar-refractivity contribution is -0.0520. The third-order valence-corrected chi connectivity index (χ3v) is 4.18. The molecule has 0 aliphatic carbocycles. The van der Waals surface area contributed by atoms with Crippen molar-refractivity contribution in [2.75, 3.05) is 19.7 Å². The first kappa shape index (κ1) is 24.4. The number of guanidine groups is 1. The average molecular weight is 440 g/mol. The number of aryl methyl sites for hydroxylation is 1. The molecule has 8 nitrogen and oxygen atoms in total. The van der Waals surface area contributed by atoms with E-state index in [-0.39, 0.29) is 24.0 Å². The van der Waals surface area contributed by atoms with Crippen LogP contribution >= 0.6 is 0 Å². The molecule has 0 fully saturated rings. The summed E-state index contributed by atoms with van der Waals surface area (Å²) in [7, 11) is 0. The van der Waals surface area contributed by atoms with Gasteiger partial charge in [0.05, 0.1) is 13.2 Å². The number of aromatic nitrogens is 2. The second-order valence-electron chi connectivity index (χ2n) is 6.98. The van der Waals surface area contributed by atoms with Gasteiger partial charge in [-0.05, 0) is 26.3 Å². The van der Waals surface area contributed by atoms with E-state index in [1.807, 2.05) is 20.8 Å². The van der Waals surface area contributed by atoms with Gasteiger partial charge in [-0.15, -0.1) is 0 Å². The molecule has 0 saturated heterocycles. The zero-order chi connectivity index (χ0) is 22.6. The van der Waals surface area contributed by atoms with Crippen LogP contribution in [0, 0.1) is 0 Å². The molecular weight excluding hydrogens is 408 g/mol. The van der Waals surface area contributed by atoms with Crippen LogP contribution in [-0.4, -0.2) is 42.4 Å². The Kier molecular flexibility index (Phi) is 9.99. The van der Waals surface area contributed by atoms with Crippen molar-refractivity contribution in [3.63, 3.8) is 0 Å². The first-order valence-corrected chi connectivity index (χ1v) is 10.5. The third kappa shape index (κ3) is 8.03. The molecule has 0 aliphatic heterocycles. The Balaban J connectivity index is 1.97. The smallest absolute Gasteiger partial charge is 0.387 e. The Morgan fingerprint density at radius 1 is 1.23 bits per heavy atom. The minimum atomic E-state index is -2.95. The van der Waals surface area contributed by atoms with E-state index >= 15 is 0 Å². The highest BCUT2D eigenvalue weighted by Crippen LogP contribution is 2.33. The van der Waals surface area contributed by atoms with Crippen LogP contribution in [0.2, 0.25) is 0 Å². The van der Waals surface area contributed by atoms with Gasteiger partial charge in [0.2, 0.25) is 5.89 Å². The van der Waals surface area contributed by atoms with Crippen molar-refractivity contribution in [3.05, 3.63) is 35.5 Å². The molecule has 0 bridgehead atoms. The molecule has 2 N–H and O–H groups in total. The number of halogens is 2. The highest BCUT2D eigenvalue weighted by Gasteiger charge is 2.16. The zero-order valence-corrected chi connectivity index (χ0v) is 18.5. The second kappa shape index (κ2) is 12.7.